The van der Waals surface area contributed by atoms with E-state index >= 15 is 0 Å². The fraction of sp³-hybridized carbons (Fsp3) is 0.391. The lowest BCUT2D eigenvalue weighted by Crippen LogP contribution is -2.30. The van der Waals surface area contributed by atoms with Crippen LogP contribution in [-0.2, 0) is 4.79 Å². The van der Waals surface area contributed by atoms with Crippen molar-refractivity contribution in [2.24, 2.45) is 0 Å². The van der Waals surface area contributed by atoms with Crippen molar-refractivity contribution in [1.82, 2.24) is 4.90 Å². The van der Waals surface area contributed by atoms with E-state index in [1.54, 1.807) is 31.4 Å². The second kappa shape index (κ2) is 8.38. The summed E-state index contributed by atoms with van der Waals surface area (Å²) in [6.45, 7) is 4.95. The van der Waals surface area contributed by atoms with Gasteiger partial charge in [-0.05, 0) is 56.5 Å². The van der Waals surface area contributed by atoms with Gasteiger partial charge >= 0.3 is 0 Å². The van der Waals surface area contributed by atoms with Gasteiger partial charge in [0, 0.05) is 24.9 Å². The van der Waals surface area contributed by atoms with Gasteiger partial charge in [-0.2, -0.15) is 0 Å². The minimum atomic E-state index is -0.00634. The summed E-state index contributed by atoms with van der Waals surface area (Å²) < 4.78 is 5.11. The number of benzene rings is 2. The number of rotatable bonds is 6. The Balaban J connectivity index is 1.63. The minimum Gasteiger partial charge on any atom is -0.497 e. The molecule has 1 saturated heterocycles. The summed E-state index contributed by atoms with van der Waals surface area (Å²) in [5.41, 5.74) is 4.27. The second-order valence-corrected chi connectivity index (χ2v) is 7.32. The molecule has 2 aromatic rings. The van der Waals surface area contributed by atoms with Crippen molar-refractivity contribution in [3.63, 3.8) is 0 Å². The molecule has 142 valence electrons. The highest BCUT2D eigenvalue weighted by molar-refractivity contribution is 5.98. The molecule has 1 heterocycles. The van der Waals surface area contributed by atoms with E-state index in [9.17, 15) is 9.59 Å². The molecule has 1 aliphatic heterocycles. The predicted molar refractivity (Wildman–Crippen MR) is 106 cm³/mol. The molecule has 0 aromatic heterocycles. The number of nitrogens with zero attached hydrogens (tertiary/aromatic N) is 1. The molecular weight excluding hydrogens is 338 g/mol. The Morgan fingerprint density at radius 3 is 2.33 bits per heavy atom. The van der Waals surface area contributed by atoms with Crippen molar-refractivity contribution >= 4 is 11.7 Å². The molecule has 0 N–H and O–H groups in total. The fourth-order valence-electron chi connectivity index (χ4n) is 3.90. The van der Waals surface area contributed by atoms with Crippen LogP contribution in [0.3, 0.4) is 0 Å². The molecule has 4 nitrogen and oxygen atoms in total. The maximum atomic E-state index is 12.8. The van der Waals surface area contributed by atoms with Crippen LogP contribution >= 0.6 is 0 Å². The van der Waals surface area contributed by atoms with E-state index in [1.807, 2.05) is 4.90 Å². The van der Waals surface area contributed by atoms with E-state index in [0.717, 1.165) is 25.1 Å². The SMILES string of the molecule is COc1ccc(C(=O)CCC(=O)N2CCCC2c2cc(C)cc(C)c2)cc1. The van der Waals surface area contributed by atoms with Gasteiger partial charge < -0.3 is 9.64 Å². The third-order valence-corrected chi connectivity index (χ3v) is 5.18. The van der Waals surface area contributed by atoms with Crippen molar-refractivity contribution in [1.29, 1.82) is 0 Å². The van der Waals surface area contributed by atoms with Crippen LogP contribution in [0.25, 0.3) is 0 Å². The lowest BCUT2D eigenvalue weighted by Gasteiger charge is -2.26. The zero-order valence-corrected chi connectivity index (χ0v) is 16.3. The number of hydrogen-bond acceptors (Lipinski definition) is 3. The van der Waals surface area contributed by atoms with Crippen molar-refractivity contribution in [3.05, 3.63) is 64.7 Å². The highest BCUT2D eigenvalue weighted by Gasteiger charge is 2.30. The van der Waals surface area contributed by atoms with Crippen LogP contribution in [0, 0.1) is 13.8 Å². The van der Waals surface area contributed by atoms with E-state index in [1.165, 1.54) is 16.7 Å². The van der Waals surface area contributed by atoms with Gasteiger partial charge in [-0.15, -0.1) is 0 Å². The van der Waals surface area contributed by atoms with Crippen LogP contribution in [0.4, 0.5) is 0 Å². The van der Waals surface area contributed by atoms with Crippen LogP contribution in [0.2, 0.25) is 0 Å². The zero-order valence-electron chi connectivity index (χ0n) is 16.3. The third kappa shape index (κ3) is 4.57. The lowest BCUT2D eigenvalue weighted by atomic mass is 9.99. The summed E-state index contributed by atoms with van der Waals surface area (Å²) >= 11 is 0. The number of methoxy groups -OCH3 is 1. The highest BCUT2D eigenvalue weighted by Crippen LogP contribution is 2.33. The topological polar surface area (TPSA) is 46.6 Å². The molecule has 1 fully saturated rings. The van der Waals surface area contributed by atoms with E-state index < -0.39 is 0 Å². The first kappa shape index (κ1) is 19.2. The van der Waals surface area contributed by atoms with Crippen LogP contribution in [-0.4, -0.2) is 30.2 Å². The fourth-order valence-corrected chi connectivity index (χ4v) is 3.90. The summed E-state index contributed by atoms with van der Waals surface area (Å²) in [5.74, 6) is 0.780. The number of hydrogen-bond donors (Lipinski definition) is 0. The number of carbonyl (C=O) groups excluding carboxylic acids is 2. The predicted octanol–water partition coefficient (Wildman–Crippen LogP) is 4.64. The Morgan fingerprint density at radius 1 is 1.04 bits per heavy atom. The van der Waals surface area contributed by atoms with E-state index in [2.05, 4.69) is 32.0 Å². The molecule has 0 radical (unpaired) electrons. The van der Waals surface area contributed by atoms with Gasteiger partial charge in [-0.25, -0.2) is 0 Å². The molecule has 2 aromatic carbocycles. The number of Topliss-reactive ketones (excluding diaryl/α,β-unsaturated/α-hetero) is 1. The maximum absolute atomic E-state index is 12.8. The largest absolute Gasteiger partial charge is 0.497 e. The molecule has 1 atom stereocenters. The Labute approximate surface area is 161 Å². The van der Waals surface area contributed by atoms with Crippen LogP contribution in [0.1, 0.15) is 58.8 Å². The number of ketones is 1. The van der Waals surface area contributed by atoms with Crippen molar-refractivity contribution < 1.29 is 14.3 Å². The number of likely N-dealkylation sites (tertiary alicyclic amines) is 1. The van der Waals surface area contributed by atoms with Gasteiger partial charge in [0.05, 0.1) is 13.2 Å². The standard InChI is InChI=1S/C23H27NO3/c1-16-13-17(2)15-19(14-16)21-5-4-12-24(21)23(26)11-10-22(25)18-6-8-20(27-3)9-7-18/h6-9,13-15,21H,4-5,10-12H2,1-3H3. The van der Waals surface area contributed by atoms with Gasteiger partial charge in [0.2, 0.25) is 5.91 Å². The van der Waals surface area contributed by atoms with Gasteiger partial charge in [0.15, 0.2) is 5.78 Å². The Kier molecular flexibility index (Phi) is 5.94. The molecule has 0 spiro atoms. The molecular formula is C23H27NO3. The number of ether oxygens (including phenoxy) is 1. The highest BCUT2D eigenvalue weighted by atomic mass is 16.5. The summed E-state index contributed by atoms with van der Waals surface area (Å²) in [6.07, 6.45) is 2.49. The lowest BCUT2D eigenvalue weighted by molar-refractivity contribution is -0.132. The molecule has 27 heavy (non-hydrogen) atoms. The van der Waals surface area contributed by atoms with Gasteiger partial charge in [0.25, 0.3) is 0 Å². The molecule has 0 saturated carbocycles. The first-order valence-corrected chi connectivity index (χ1v) is 9.53. The number of amides is 1. The number of carbonyl (C=O) groups is 2. The molecule has 3 rings (SSSR count). The van der Waals surface area contributed by atoms with E-state index in [4.69, 9.17) is 4.74 Å². The average Bonchev–Trinajstić information content (AvgIpc) is 3.15. The van der Waals surface area contributed by atoms with Gasteiger partial charge in [-0.1, -0.05) is 29.3 Å². The van der Waals surface area contributed by atoms with Gasteiger partial charge in [0.1, 0.15) is 5.75 Å². The maximum Gasteiger partial charge on any atom is 0.223 e. The van der Waals surface area contributed by atoms with Gasteiger partial charge in [-0.3, -0.25) is 9.59 Å². The van der Waals surface area contributed by atoms with Crippen LogP contribution in [0.5, 0.6) is 5.75 Å². The van der Waals surface area contributed by atoms with Crippen molar-refractivity contribution in [2.75, 3.05) is 13.7 Å². The quantitative estimate of drug-likeness (QED) is 0.701. The van der Waals surface area contributed by atoms with Crippen LogP contribution < -0.4 is 4.74 Å². The Hall–Kier alpha value is -2.62. The first-order chi connectivity index (χ1) is 13.0. The first-order valence-electron chi connectivity index (χ1n) is 9.53. The minimum absolute atomic E-state index is 0.00634. The summed E-state index contributed by atoms with van der Waals surface area (Å²) in [7, 11) is 1.59. The molecule has 1 aliphatic rings. The summed E-state index contributed by atoms with van der Waals surface area (Å²) in [6, 6.07) is 13.7. The van der Waals surface area contributed by atoms with E-state index in [-0.39, 0.29) is 30.6 Å². The Morgan fingerprint density at radius 2 is 1.70 bits per heavy atom. The van der Waals surface area contributed by atoms with Crippen molar-refractivity contribution in [2.45, 2.75) is 45.6 Å². The molecule has 4 heteroatoms. The average molecular weight is 365 g/mol. The number of aryl methyl sites for hydroxylation is 2. The smallest absolute Gasteiger partial charge is 0.223 e. The zero-order chi connectivity index (χ0) is 19.4. The normalized spacial score (nSPS) is 16.4. The molecule has 0 bridgehead atoms. The summed E-state index contributed by atoms with van der Waals surface area (Å²) in [4.78, 5) is 27.1. The summed E-state index contributed by atoms with van der Waals surface area (Å²) in [5, 5.41) is 0. The molecule has 1 unspecified atom stereocenters. The Bertz CT molecular complexity index is 806. The molecule has 1 amide bonds. The monoisotopic (exact) mass is 365 g/mol. The van der Waals surface area contributed by atoms with Crippen LogP contribution in [0.15, 0.2) is 42.5 Å². The van der Waals surface area contributed by atoms with E-state index in [0.29, 0.717) is 5.56 Å². The van der Waals surface area contributed by atoms with Crippen molar-refractivity contribution in [3.8, 4) is 5.75 Å². The molecule has 0 aliphatic carbocycles. The third-order valence-electron chi connectivity index (χ3n) is 5.18. The second-order valence-electron chi connectivity index (χ2n) is 7.32.